The van der Waals surface area contributed by atoms with E-state index < -0.39 is 0 Å². The largest absolute Gasteiger partial charge is 0.493 e. The minimum Gasteiger partial charge on any atom is -0.493 e. The minimum absolute atomic E-state index is 0.165. The number of aliphatic hydroxyl groups excluding tert-OH is 1. The molecule has 0 unspecified atom stereocenters. The molecule has 5 nitrogen and oxygen atoms in total. The molecule has 0 radical (unpaired) electrons. The summed E-state index contributed by atoms with van der Waals surface area (Å²) in [6.07, 6.45) is 1.80. The number of para-hydroxylation sites is 1. The fourth-order valence-electron chi connectivity index (χ4n) is 1.48. The molecule has 0 saturated heterocycles. The van der Waals surface area contributed by atoms with Gasteiger partial charge in [0.05, 0.1) is 24.1 Å². The number of nitrogens with zero attached hydrogens (tertiary/aromatic N) is 1. The zero-order valence-corrected chi connectivity index (χ0v) is 12.0. The van der Waals surface area contributed by atoms with Crippen LogP contribution in [0.3, 0.4) is 0 Å². The van der Waals surface area contributed by atoms with Crippen LogP contribution >= 0.6 is 11.3 Å². The average Bonchev–Trinajstić information content (AvgIpc) is 2.93. The van der Waals surface area contributed by atoms with Gasteiger partial charge in [-0.2, -0.15) is 0 Å². The fraction of sp³-hybridized carbons (Fsp3) is 0.200. The lowest BCUT2D eigenvalue weighted by molar-refractivity contribution is -0.116. The van der Waals surface area contributed by atoms with Gasteiger partial charge in [0.1, 0.15) is 12.4 Å². The van der Waals surface area contributed by atoms with Crippen molar-refractivity contribution in [3.05, 3.63) is 41.4 Å². The Bertz CT molecular complexity index is 644. The van der Waals surface area contributed by atoms with Gasteiger partial charge < -0.3 is 15.2 Å². The number of amides is 1. The first kappa shape index (κ1) is 15.0. The minimum atomic E-state index is -0.198. The smallest absolute Gasteiger partial charge is 0.229 e. The van der Waals surface area contributed by atoms with Gasteiger partial charge in [0.15, 0.2) is 5.13 Å². The highest BCUT2D eigenvalue weighted by Crippen LogP contribution is 2.17. The number of aliphatic hydroxyl groups is 1. The zero-order valence-electron chi connectivity index (χ0n) is 11.2. The number of thiazole rings is 1. The third-order valence-corrected chi connectivity index (χ3v) is 3.21. The molecule has 0 aliphatic rings. The maximum absolute atomic E-state index is 11.7. The van der Waals surface area contributed by atoms with Crippen LogP contribution in [0.25, 0.3) is 0 Å². The van der Waals surface area contributed by atoms with Crippen LogP contribution in [0.1, 0.15) is 11.3 Å². The molecule has 0 aliphatic heterocycles. The van der Waals surface area contributed by atoms with Crippen LogP contribution in [0.4, 0.5) is 5.13 Å². The van der Waals surface area contributed by atoms with Crippen molar-refractivity contribution in [2.75, 3.05) is 18.5 Å². The Balaban J connectivity index is 1.75. The van der Waals surface area contributed by atoms with Crippen molar-refractivity contribution in [2.24, 2.45) is 0 Å². The van der Waals surface area contributed by atoms with Crippen LogP contribution in [-0.2, 0) is 4.79 Å². The van der Waals surface area contributed by atoms with Gasteiger partial charge in [0, 0.05) is 0 Å². The predicted molar refractivity (Wildman–Crippen MR) is 81.3 cm³/mol. The molecule has 0 saturated carbocycles. The Morgan fingerprint density at radius 2 is 2.19 bits per heavy atom. The molecule has 1 heterocycles. The van der Waals surface area contributed by atoms with E-state index in [4.69, 9.17) is 9.84 Å². The van der Waals surface area contributed by atoms with Crippen molar-refractivity contribution in [1.82, 2.24) is 4.98 Å². The Labute approximate surface area is 126 Å². The number of hydrogen-bond donors (Lipinski definition) is 2. The van der Waals surface area contributed by atoms with E-state index in [2.05, 4.69) is 22.1 Å². The molecule has 21 heavy (non-hydrogen) atoms. The number of aromatic nitrogens is 1. The van der Waals surface area contributed by atoms with Crippen molar-refractivity contribution in [3.63, 3.8) is 0 Å². The summed E-state index contributed by atoms with van der Waals surface area (Å²) in [5.74, 6) is 5.83. The number of hydrogen-bond acceptors (Lipinski definition) is 5. The van der Waals surface area contributed by atoms with E-state index >= 15 is 0 Å². The van der Waals surface area contributed by atoms with Gasteiger partial charge in [-0.15, -0.1) is 0 Å². The molecule has 0 bridgehead atoms. The topological polar surface area (TPSA) is 71.5 Å². The van der Waals surface area contributed by atoms with Gasteiger partial charge in [0.25, 0.3) is 0 Å². The third-order valence-electron chi connectivity index (χ3n) is 2.38. The summed E-state index contributed by atoms with van der Waals surface area (Å²) >= 11 is 1.26. The molecular weight excluding hydrogens is 288 g/mol. The van der Waals surface area contributed by atoms with Crippen molar-refractivity contribution in [1.29, 1.82) is 0 Å². The molecule has 2 N–H and O–H groups in total. The number of carbonyl (C=O) groups excluding carboxylic acids is 1. The fourth-order valence-corrected chi connectivity index (χ4v) is 2.18. The SMILES string of the molecule is O=C(CCOc1ccccc1)Nc1ncc(C#CCO)s1. The summed E-state index contributed by atoms with van der Waals surface area (Å²) < 4.78 is 5.44. The third kappa shape index (κ3) is 5.26. The van der Waals surface area contributed by atoms with Gasteiger partial charge >= 0.3 is 0 Å². The van der Waals surface area contributed by atoms with Gasteiger partial charge in [-0.05, 0) is 12.1 Å². The van der Waals surface area contributed by atoms with Crippen LogP contribution < -0.4 is 10.1 Å². The van der Waals surface area contributed by atoms with E-state index in [0.29, 0.717) is 16.6 Å². The quantitative estimate of drug-likeness (QED) is 0.828. The lowest BCUT2D eigenvalue weighted by Crippen LogP contribution is -2.14. The molecule has 6 heteroatoms. The van der Waals surface area contributed by atoms with Gasteiger partial charge in [-0.1, -0.05) is 41.4 Å². The molecule has 2 aromatic rings. The summed E-state index contributed by atoms with van der Waals surface area (Å²) in [5.41, 5.74) is 0. The van der Waals surface area contributed by atoms with Gasteiger partial charge in [-0.3, -0.25) is 4.79 Å². The second-order valence-corrected chi connectivity index (χ2v) is 4.98. The van der Waals surface area contributed by atoms with Crippen LogP contribution in [0.2, 0.25) is 0 Å². The zero-order chi connectivity index (χ0) is 14.9. The van der Waals surface area contributed by atoms with E-state index in [1.807, 2.05) is 30.3 Å². The summed E-state index contributed by atoms with van der Waals surface area (Å²) in [4.78, 5) is 16.5. The Hall–Kier alpha value is -2.36. The molecular formula is C15H14N2O3S. The van der Waals surface area contributed by atoms with Crippen molar-refractivity contribution < 1.29 is 14.6 Å². The summed E-state index contributed by atoms with van der Waals surface area (Å²) in [6.45, 7) is 0.106. The van der Waals surface area contributed by atoms with Gasteiger partial charge in [0.2, 0.25) is 5.91 Å². The number of ether oxygens (including phenoxy) is 1. The molecule has 1 aromatic carbocycles. The molecule has 2 rings (SSSR count). The average molecular weight is 302 g/mol. The van der Waals surface area contributed by atoms with E-state index in [0.717, 1.165) is 5.75 Å². The Morgan fingerprint density at radius 1 is 1.38 bits per heavy atom. The molecule has 1 amide bonds. The van der Waals surface area contributed by atoms with Crippen molar-refractivity contribution in [3.8, 4) is 17.6 Å². The number of rotatable bonds is 5. The first-order valence-corrected chi connectivity index (χ1v) is 7.13. The number of nitrogens with one attached hydrogen (secondary N) is 1. The van der Waals surface area contributed by atoms with E-state index in [1.165, 1.54) is 11.3 Å². The van der Waals surface area contributed by atoms with Crippen LogP contribution in [0.15, 0.2) is 36.5 Å². The summed E-state index contributed by atoms with van der Waals surface area (Å²) in [6, 6.07) is 9.33. The Morgan fingerprint density at radius 3 is 2.95 bits per heavy atom. The molecule has 0 aliphatic carbocycles. The lowest BCUT2D eigenvalue weighted by atomic mass is 10.3. The van der Waals surface area contributed by atoms with Crippen molar-refractivity contribution in [2.45, 2.75) is 6.42 Å². The normalized spacial score (nSPS) is 9.57. The summed E-state index contributed by atoms with van der Waals surface area (Å²) in [5, 5.41) is 11.8. The molecule has 0 atom stereocenters. The van der Waals surface area contributed by atoms with E-state index in [9.17, 15) is 4.79 Å². The highest BCUT2D eigenvalue weighted by Gasteiger charge is 2.06. The molecule has 1 aromatic heterocycles. The highest BCUT2D eigenvalue weighted by molar-refractivity contribution is 7.16. The first-order chi connectivity index (χ1) is 10.3. The van der Waals surface area contributed by atoms with Crippen molar-refractivity contribution >= 4 is 22.4 Å². The predicted octanol–water partition coefficient (Wildman–Crippen LogP) is 1.89. The number of anilines is 1. The lowest BCUT2D eigenvalue weighted by Gasteiger charge is -2.05. The molecule has 108 valence electrons. The summed E-state index contributed by atoms with van der Waals surface area (Å²) in [7, 11) is 0. The van der Waals surface area contributed by atoms with Gasteiger partial charge in [-0.25, -0.2) is 4.98 Å². The van der Waals surface area contributed by atoms with E-state index in [1.54, 1.807) is 6.20 Å². The first-order valence-electron chi connectivity index (χ1n) is 6.31. The monoisotopic (exact) mass is 302 g/mol. The second kappa shape index (κ2) is 8.04. The second-order valence-electron chi connectivity index (χ2n) is 3.95. The standard InChI is InChI=1S/C15H14N2O3S/c18-9-4-7-13-11-16-15(21-13)17-14(19)8-10-20-12-5-2-1-3-6-12/h1-3,5-6,11,18H,8-10H2,(H,16,17,19). The van der Waals surface area contributed by atoms with Crippen LogP contribution in [-0.4, -0.2) is 29.2 Å². The molecule has 0 fully saturated rings. The maximum atomic E-state index is 11.7. The van der Waals surface area contributed by atoms with E-state index in [-0.39, 0.29) is 18.9 Å². The maximum Gasteiger partial charge on any atom is 0.229 e. The number of carbonyl (C=O) groups is 1. The van der Waals surface area contributed by atoms with Crippen LogP contribution in [0.5, 0.6) is 5.75 Å². The van der Waals surface area contributed by atoms with Crippen LogP contribution in [0, 0.1) is 11.8 Å². The Kier molecular flexibility index (Phi) is 5.76. The highest BCUT2D eigenvalue weighted by atomic mass is 32.1. The molecule has 0 spiro atoms. The number of benzene rings is 1.